The third-order valence-corrected chi connectivity index (χ3v) is 3.72. The van der Waals surface area contributed by atoms with Gasteiger partial charge in [-0.15, -0.1) is 0 Å². The van der Waals surface area contributed by atoms with E-state index in [4.69, 9.17) is 4.74 Å². The van der Waals surface area contributed by atoms with Crippen molar-refractivity contribution in [1.82, 2.24) is 9.97 Å². The molecule has 1 heterocycles. The summed E-state index contributed by atoms with van der Waals surface area (Å²) in [6.45, 7) is 6.84. The summed E-state index contributed by atoms with van der Waals surface area (Å²) >= 11 is 0. The predicted octanol–water partition coefficient (Wildman–Crippen LogP) is 4.93. The molecule has 0 aliphatic rings. The first-order chi connectivity index (χ1) is 12.6. The lowest BCUT2D eigenvalue weighted by molar-refractivity contribution is 0.242. The van der Waals surface area contributed by atoms with E-state index in [9.17, 15) is 0 Å². The van der Waals surface area contributed by atoms with Crippen molar-refractivity contribution in [3.8, 4) is 5.75 Å². The zero-order chi connectivity index (χ0) is 18.4. The molecule has 0 saturated carbocycles. The fourth-order valence-corrected chi connectivity index (χ4v) is 2.57. The Morgan fingerprint density at radius 3 is 2.46 bits per heavy atom. The van der Waals surface area contributed by atoms with Gasteiger partial charge in [0.15, 0.2) is 0 Å². The van der Waals surface area contributed by atoms with Gasteiger partial charge in [-0.2, -0.15) is 0 Å². The molecule has 134 valence electrons. The van der Waals surface area contributed by atoms with Crippen molar-refractivity contribution in [3.05, 3.63) is 72.1 Å². The second-order valence-electron chi connectivity index (χ2n) is 6.45. The van der Waals surface area contributed by atoms with E-state index in [2.05, 4.69) is 51.8 Å². The zero-order valence-electron chi connectivity index (χ0n) is 15.4. The molecule has 2 N–H and O–H groups in total. The van der Waals surface area contributed by atoms with Crippen molar-refractivity contribution in [2.45, 2.75) is 33.4 Å². The van der Waals surface area contributed by atoms with Crippen molar-refractivity contribution in [3.63, 3.8) is 0 Å². The van der Waals surface area contributed by atoms with Crippen LogP contribution in [-0.2, 0) is 6.54 Å². The van der Waals surface area contributed by atoms with Crippen LogP contribution in [0.15, 0.2) is 60.9 Å². The summed E-state index contributed by atoms with van der Waals surface area (Å²) in [7, 11) is 0. The van der Waals surface area contributed by atoms with E-state index in [0.29, 0.717) is 0 Å². The van der Waals surface area contributed by atoms with Crippen molar-refractivity contribution >= 4 is 17.3 Å². The van der Waals surface area contributed by atoms with Crippen molar-refractivity contribution < 1.29 is 4.74 Å². The number of hydrogen-bond donors (Lipinski definition) is 2. The molecule has 3 aromatic rings. The third-order valence-electron chi connectivity index (χ3n) is 3.72. The summed E-state index contributed by atoms with van der Waals surface area (Å²) in [6, 6.07) is 18.1. The smallest absolute Gasteiger partial charge is 0.135 e. The number of nitrogens with zero attached hydrogens (tertiary/aromatic N) is 2. The minimum Gasteiger partial charge on any atom is -0.491 e. The van der Waals surface area contributed by atoms with Crippen LogP contribution in [-0.4, -0.2) is 16.1 Å². The topological polar surface area (TPSA) is 59.1 Å². The van der Waals surface area contributed by atoms with Crippen LogP contribution < -0.4 is 15.4 Å². The molecule has 0 bridgehead atoms. The molecule has 3 rings (SSSR count). The number of aromatic nitrogens is 2. The first-order valence-corrected chi connectivity index (χ1v) is 8.74. The number of benzene rings is 2. The number of nitrogens with one attached hydrogen (secondary N) is 2. The first-order valence-electron chi connectivity index (χ1n) is 8.74. The van der Waals surface area contributed by atoms with Crippen LogP contribution in [0, 0.1) is 6.92 Å². The highest BCUT2D eigenvalue weighted by Crippen LogP contribution is 2.20. The Bertz CT molecular complexity index is 847. The van der Waals surface area contributed by atoms with Gasteiger partial charge in [-0.3, -0.25) is 0 Å². The van der Waals surface area contributed by atoms with E-state index >= 15 is 0 Å². The SMILES string of the molecule is Cc1cccc(CNc2cc(Nc3ccc(OC(C)C)cc3)ncn2)c1. The molecule has 0 saturated heterocycles. The van der Waals surface area contributed by atoms with E-state index < -0.39 is 0 Å². The minimum absolute atomic E-state index is 0.165. The van der Waals surface area contributed by atoms with Crippen molar-refractivity contribution in [2.75, 3.05) is 10.6 Å². The number of ether oxygens (including phenoxy) is 1. The molecule has 5 nitrogen and oxygen atoms in total. The number of anilines is 3. The fourth-order valence-electron chi connectivity index (χ4n) is 2.57. The molecular weight excluding hydrogens is 324 g/mol. The normalized spacial score (nSPS) is 10.6. The Morgan fingerprint density at radius 1 is 0.962 bits per heavy atom. The van der Waals surface area contributed by atoms with Crippen molar-refractivity contribution in [2.24, 2.45) is 0 Å². The zero-order valence-corrected chi connectivity index (χ0v) is 15.4. The quantitative estimate of drug-likeness (QED) is 0.634. The van der Waals surface area contributed by atoms with E-state index in [1.165, 1.54) is 11.1 Å². The summed E-state index contributed by atoms with van der Waals surface area (Å²) in [5.41, 5.74) is 3.42. The molecule has 0 radical (unpaired) electrons. The van der Waals surface area contributed by atoms with Gasteiger partial charge in [0.1, 0.15) is 23.7 Å². The molecular formula is C21H24N4O. The second kappa shape index (κ2) is 8.34. The molecule has 0 spiro atoms. The Kier molecular flexibility index (Phi) is 5.69. The summed E-state index contributed by atoms with van der Waals surface area (Å²) in [5, 5.41) is 6.62. The van der Waals surface area contributed by atoms with Gasteiger partial charge in [0.2, 0.25) is 0 Å². The van der Waals surface area contributed by atoms with E-state index in [1.54, 1.807) is 6.33 Å². The molecule has 2 aromatic carbocycles. The minimum atomic E-state index is 0.165. The van der Waals surface area contributed by atoms with Gasteiger partial charge >= 0.3 is 0 Å². The maximum Gasteiger partial charge on any atom is 0.135 e. The average molecular weight is 348 g/mol. The number of hydrogen-bond acceptors (Lipinski definition) is 5. The van der Waals surface area contributed by atoms with Crippen LogP contribution in [0.3, 0.4) is 0 Å². The van der Waals surface area contributed by atoms with Gasteiger partial charge in [-0.05, 0) is 50.6 Å². The lowest BCUT2D eigenvalue weighted by Crippen LogP contribution is -2.05. The Labute approximate surface area is 154 Å². The summed E-state index contributed by atoms with van der Waals surface area (Å²) in [6.07, 6.45) is 1.72. The number of rotatable bonds is 7. The van der Waals surface area contributed by atoms with Crippen LogP contribution >= 0.6 is 0 Å². The molecule has 0 fully saturated rings. The highest BCUT2D eigenvalue weighted by Gasteiger charge is 2.02. The van der Waals surface area contributed by atoms with Gasteiger partial charge in [-0.25, -0.2) is 9.97 Å². The Balaban J connectivity index is 1.61. The van der Waals surface area contributed by atoms with Gasteiger partial charge in [-0.1, -0.05) is 29.8 Å². The van der Waals surface area contributed by atoms with Gasteiger partial charge < -0.3 is 15.4 Å². The maximum atomic E-state index is 5.66. The molecule has 5 heteroatoms. The van der Waals surface area contributed by atoms with E-state index in [0.717, 1.165) is 29.6 Å². The van der Waals surface area contributed by atoms with Crippen LogP contribution in [0.4, 0.5) is 17.3 Å². The predicted molar refractivity (Wildman–Crippen MR) is 106 cm³/mol. The second-order valence-corrected chi connectivity index (χ2v) is 6.45. The van der Waals surface area contributed by atoms with Crippen LogP contribution in [0.2, 0.25) is 0 Å². The van der Waals surface area contributed by atoms with Crippen molar-refractivity contribution in [1.29, 1.82) is 0 Å². The summed E-state index contributed by atoms with van der Waals surface area (Å²) < 4.78 is 5.66. The van der Waals surface area contributed by atoms with E-state index in [-0.39, 0.29) is 6.10 Å². The molecule has 0 amide bonds. The summed E-state index contributed by atoms with van der Waals surface area (Å²) in [5.74, 6) is 2.38. The van der Waals surface area contributed by atoms with Crippen LogP contribution in [0.1, 0.15) is 25.0 Å². The monoisotopic (exact) mass is 348 g/mol. The molecule has 0 unspecified atom stereocenters. The third kappa shape index (κ3) is 5.21. The van der Waals surface area contributed by atoms with Gasteiger partial charge in [0.05, 0.1) is 6.10 Å². The average Bonchev–Trinajstić information content (AvgIpc) is 2.62. The Morgan fingerprint density at radius 2 is 1.73 bits per heavy atom. The fraction of sp³-hybridized carbons (Fsp3) is 0.238. The summed E-state index contributed by atoms with van der Waals surface area (Å²) in [4.78, 5) is 8.56. The molecule has 1 aromatic heterocycles. The standard InChI is InChI=1S/C21H24N4O/c1-15(2)26-19-9-7-18(8-10-19)25-21-12-20(23-14-24-21)22-13-17-6-4-5-16(3)11-17/h4-12,14-15H,13H2,1-3H3,(H2,22,23,24,25). The van der Waals surface area contributed by atoms with E-state index in [1.807, 2.05) is 44.2 Å². The molecule has 0 aliphatic carbocycles. The largest absolute Gasteiger partial charge is 0.491 e. The molecule has 0 aliphatic heterocycles. The van der Waals surface area contributed by atoms with Crippen LogP contribution in [0.25, 0.3) is 0 Å². The molecule has 0 atom stereocenters. The van der Waals surface area contributed by atoms with Gasteiger partial charge in [0.25, 0.3) is 0 Å². The highest BCUT2D eigenvalue weighted by molar-refractivity contribution is 5.59. The van der Waals surface area contributed by atoms with Crippen LogP contribution in [0.5, 0.6) is 5.75 Å². The highest BCUT2D eigenvalue weighted by atomic mass is 16.5. The lowest BCUT2D eigenvalue weighted by Gasteiger charge is -2.11. The Hall–Kier alpha value is -3.08. The first kappa shape index (κ1) is 17.7. The molecule has 26 heavy (non-hydrogen) atoms. The maximum absolute atomic E-state index is 5.66. The number of aryl methyl sites for hydroxylation is 1. The van der Waals surface area contributed by atoms with Gasteiger partial charge in [0, 0.05) is 18.3 Å². The lowest BCUT2D eigenvalue weighted by atomic mass is 10.1.